The lowest BCUT2D eigenvalue weighted by atomic mass is 10.1. The molecule has 0 aliphatic heterocycles. The summed E-state index contributed by atoms with van der Waals surface area (Å²) >= 11 is 0. The third kappa shape index (κ3) is 3.68. The molecule has 1 rings (SSSR count). The van der Waals surface area contributed by atoms with Gasteiger partial charge in [-0.25, -0.2) is 13.2 Å². The molecule has 5 nitrogen and oxygen atoms in total. The summed E-state index contributed by atoms with van der Waals surface area (Å²) in [5.41, 5.74) is 0.792. The summed E-state index contributed by atoms with van der Waals surface area (Å²) in [4.78, 5) is 10.9. The number of hydrogen-bond donors (Lipinski definition) is 1. The van der Waals surface area contributed by atoms with Gasteiger partial charge in [0.05, 0.1) is 4.90 Å². The van der Waals surface area contributed by atoms with Crippen LogP contribution in [0, 0.1) is 0 Å². The van der Waals surface area contributed by atoms with Crippen LogP contribution in [0.15, 0.2) is 41.3 Å². The van der Waals surface area contributed by atoms with E-state index >= 15 is 0 Å². The smallest absolute Gasteiger partial charge is 0.331 e. The van der Waals surface area contributed by atoms with Crippen LogP contribution in [0.2, 0.25) is 0 Å². The maximum absolute atomic E-state index is 12.3. The topological polar surface area (TPSA) is 74.7 Å². The quantitative estimate of drug-likeness (QED) is 0.780. The molecule has 0 aliphatic carbocycles. The molecule has 20 heavy (non-hydrogen) atoms. The Morgan fingerprint density at radius 1 is 1.20 bits per heavy atom. The Balaban J connectivity index is 2.97. The Morgan fingerprint density at radius 2 is 1.70 bits per heavy atom. The summed E-state index contributed by atoms with van der Waals surface area (Å²) in [5.74, 6) is -1.05. The number of carboxylic acid groups (broad SMARTS) is 1. The number of nitrogens with zero attached hydrogens (tertiary/aromatic N) is 1. The van der Waals surface area contributed by atoms with Crippen LogP contribution in [0.25, 0.3) is 0 Å². The number of carbonyl (C=O) groups is 1. The van der Waals surface area contributed by atoms with Gasteiger partial charge in [0.1, 0.15) is 0 Å². The Bertz CT molecular complexity index is 586. The molecule has 0 unspecified atom stereocenters. The second-order valence-corrected chi connectivity index (χ2v) is 6.26. The molecule has 110 valence electrons. The predicted molar refractivity (Wildman–Crippen MR) is 77.0 cm³/mol. The molecule has 0 saturated heterocycles. The van der Waals surface area contributed by atoms with Gasteiger partial charge >= 0.3 is 5.97 Å². The lowest BCUT2D eigenvalue weighted by molar-refractivity contribution is -0.132. The molecule has 0 radical (unpaired) electrons. The number of aliphatic carboxylic acids is 1. The minimum atomic E-state index is -3.47. The van der Waals surface area contributed by atoms with Crippen LogP contribution in [0.4, 0.5) is 0 Å². The fourth-order valence-electron chi connectivity index (χ4n) is 1.81. The van der Waals surface area contributed by atoms with E-state index in [4.69, 9.17) is 5.11 Å². The molecule has 0 heterocycles. The van der Waals surface area contributed by atoms with Crippen LogP contribution < -0.4 is 0 Å². The Kier molecular flexibility index (Phi) is 5.47. The Hall–Kier alpha value is -1.66. The first kappa shape index (κ1) is 16.4. The average molecular weight is 297 g/mol. The van der Waals surface area contributed by atoms with E-state index < -0.39 is 16.0 Å². The molecular formula is C14H19NO4S. The maximum atomic E-state index is 12.3. The van der Waals surface area contributed by atoms with Crippen molar-refractivity contribution >= 4 is 16.0 Å². The molecule has 1 aromatic rings. The van der Waals surface area contributed by atoms with Gasteiger partial charge in [-0.2, -0.15) is 4.31 Å². The van der Waals surface area contributed by atoms with E-state index in [0.29, 0.717) is 13.1 Å². The van der Waals surface area contributed by atoms with E-state index in [-0.39, 0.29) is 16.9 Å². The zero-order chi connectivity index (χ0) is 15.3. The fourth-order valence-corrected chi connectivity index (χ4v) is 3.27. The summed E-state index contributed by atoms with van der Waals surface area (Å²) in [6.07, 6.45) is 0.195. The lowest BCUT2D eigenvalue weighted by Gasteiger charge is -2.18. The fraction of sp³-hybridized carbons (Fsp3) is 0.357. The Labute approximate surface area is 119 Å². The van der Waals surface area contributed by atoms with E-state index in [1.807, 2.05) is 0 Å². The minimum Gasteiger partial charge on any atom is -0.478 e. The minimum absolute atomic E-state index is 0.0735. The number of carboxylic acids is 1. The van der Waals surface area contributed by atoms with Gasteiger partial charge in [-0.3, -0.25) is 0 Å². The van der Waals surface area contributed by atoms with Crippen molar-refractivity contribution in [2.24, 2.45) is 0 Å². The maximum Gasteiger partial charge on any atom is 0.331 e. The van der Waals surface area contributed by atoms with Crippen LogP contribution in [0.5, 0.6) is 0 Å². The van der Waals surface area contributed by atoms with Crippen molar-refractivity contribution in [3.63, 3.8) is 0 Å². The third-order valence-corrected chi connectivity index (χ3v) is 5.05. The van der Waals surface area contributed by atoms with Crippen LogP contribution in [0.3, 0.4) is 0 Å². The first-order valence-corrected chi connectivity index (χ1v) is 7.77. The van der Waals surface area contributed by atoms with Crippen LogP contribution in [0.1, 0.15) is 19.4 Å². The van der Waals surface area contributed by atoms with Crippen molar-refractivity contribution in [1.82, 2.24) is 4.31 Å². The summed E-state index contributed by atoms with van der Waals surface area (Å²) < 4.78 is 25.9. The van der Waals surface area contributed by atoms with E-state index in [9.17, 15) is 13.2 Å². The van der Waals surface area contributed by atoms with Crippen LogP contribution in [-0.4, -0.2) is 36.9 Å². The van der Waals surface area contributed by atoms with E-state index in [1.165, 1.54) is 16.4 Å². The van der Waals surface area contributed by atoms with Crippen molar-refractivity contribution in [3.8, 4) is 0 Å². The molecule has 0 amide bonds. The molecule has 0 saturated carbocycles. The van der Waals surface area contributed by atoms with E-state index in [1.54, 1.807) is 26.0 Å². The van der Waals surface area contributed by atoms with Gasteiger partial charge in [-0.1, -0.05) is 32.6 Å². The largest absolute Gasteiger partial charge is 0.478 e. The van der Waals surface area contributed by atoms with Crippen molar-refractivity contribution in [2.75, 3.05) is 13.1 Å². The van der Waals surface area contributed by atoms with Gasteiger partial charge in [0, 0.05) is 25.1 Å². The van der Waals surface area contributed by atoms with Gasteiger partial charge in [0.15, 0.2) is 0 Å². The standard InChI is InChI=1S/C14H19NO4S/c1-4-15(5-2)20(18,19)13-8-6-12(7-9-13)10-11(3)14(16)17/h6-9H,3-5,10H2,1-2H3,(H,16,17). The first-order chi connectivity index (χ1) is 9.32. The van der Waals surface area contributed by atoms with Gasteiger partial charge in [-0.15, -0.1) is 0 Å². The third-order valence-electron chi connectivity index (χ3n) is 2.99. The zero-order valence-electron chi connectivity index (χ0n) is 11.7. The lowest BCUT2D eigenvalue weighted by Crippen LogP contribution is -2.30. The highest BCUT2D eigenvalue weighted by Gasteiger charge is 2.21. The first-order valence-electron chi connectivity index (χ1n) is 6.33. The van der Waals surface area contributed by atoms with Crippen LogP contribution in [-0.2, 0) is 21.2 Å². The van der Waals surface area contributed by atoms with Gasteiger partial charge in [-0.05, 0) is 17.7 Å². The molecular weight excluding hydrogens is 278 g/mol. The van der Waals surface area contributed by atoms with Crippen molar-refractivity contribution in [3.05, 3.63) is 42.0 Å². The summed E-state index contributed by atoms with van der Waals surface area (Å²) in [6, 6.07) is 6.23. The summed E-state index contributed by atoms with van der Waals surface area (Å²) in [5, 5.41) is 8.76. The van der Waals surface area contributed by atoms with Gasteiger partial charge in [0.25, 0.3) is 0 Å². The molecule has 0 fully saturated rings. The van der Waals surface area contributed by atoms with Crippen molar-refractivity contribution in [1.29, 1.82) is 0 Å². The number of hydrogen-bond acceptors (Lipinski definition) is 3. The highest BCUT2D eigenvalue weighted by Crippen LogP contribution is 2.17. The number of rotatable bonds is 7. The molecule has 0 spiro atoms. The highest BCUT2D eigenvalue weighted by molar-refractivity contribution is 7.89. The average Bonchev–Trinajstić information content (AvgIpc) is 2.40. The second kappa shape index (κ2) is 6.67. The van der Waals surface area contributed by atoms with Gasteiger partial charge in [0.2, 0.25) is 10.0 Å². The molecule has 0 bridgehead atoms. The predicted octanol–water partition coefficient (Wildman–Crippen LogP) is 1.90. The second-order valence-electron chi connectivity index (χ2n) is 4.32. The normalized spacial score (nSPS) is 11.6. The molecule has 6 heteroatoms. The molecule has 1 N–H and O–H groups in total. The van der Waals surface area contributed by atoms with Crippen molar-refractivity contribution < 1.29 is 18.3 Å². The Morgan fingerprint density at radius 3 is 2.10 bits per heavy atom. The zero-order valence-corrected chi connectivity index (χ0v) is 12.5. The van der Waals surface area contributed by atoms with E-state index in [2.05, 4.69) is 6.58 Å². The van der Waals surface area contributed by atoms with E-state index in [0.717, 1.165) is 5.56 Å². The molecule has 1 aromatic carbocycles. The molecule has 0 aromatic heterocycles. The molecule has 0 atom stereocenters. The monoisotopic (exact) mass is 297 g/mol. The summed E-state index contributed by atoms with van der Waals surface area (Å²) in [6.45, 7) is 7.84. The SMILES string of the molecule is C=C(Cc1ccc(S(=O)(=O)N(CC)CC)cc1)C(=O)O. The number of benzene rings is 1. The van der Waals surface area contributed by atoms with Crippen molar-refractivity contribution in [2.45, 2.75) is 25.2 Å². The molecule has 0 aliphatic rings. The van der Waals surface area contributed by atoms with Crippen LogP contribution >= 0.6 is 0 Å². The number of sulfonamides is 1. The highest BCUT2D eigenvalue weighted by atomic mass is 32.2. The summed E-state index contributed by atoms with van der Waals surface area (Å²) in [7, 11) is -3.47. The van der Waals surface area contributed by atoms with Gasteiger partial charge < -0.3 is 5.11 Å².